The number of pyridine rings is 1. The van der Waals surface area contributed by atoms with Crippen molar-refractivity contribution in [3.05, 3.63) is 48.9 Å². The third kappa shape index (κ3) is 4.82. The largest absolute Gasteiger partial charge is 0.480 e. The number of piperidine rings is 1. The van der Waals surface area contributed by atoms with E-state index >= 15 is 0 Å². The number of anilines is 2. The molecule has 10 nitrogen and oxygen atoms in total. The Balaban J connectivity index is 1.54. The van der Waals surface area contributed by atoms with Crippen molar-refractivity contribution in [2.75, 3.05) is 23.3 Å². The van der Waals surface area contributed by atoms with Crippen LogP contribution in [0.15, 0.2) is 48.9 Å². The number of nitrogens with one attached hydrogen (secondary N) is 2. The van der Waals surface area contributed by atoms with E-state index in [1.165, 1.54) is 11.3 Å². The molecule has 37 heavy (non-hydrogen) atoms. The van der Waals surface area contributed by atoms with Crippen LogP contribution in [-0.4, -0.2) is 55.7 Å². The number of carbonyl (C=O) groups excluding carboxylic acids is 1. The summed E-state index contributed by atoms with van der Waals surface area (Å²) in [5.41, 5.74) is 2.96. The van der Waals surface area contributed by atoms with E-state index in [-0.39, 0.29) is 6.03 Å². The molecule has 0 bridgehead atoms. The number of hydrogen-bond donors (Lipinski definition) is 3. The van der Waals surface area contributed by atoms with Crippen molar-refractivity contribution in [2.45, 2.75) is 38.6 Å². The molecular weight excluding hydrogens is 490 g/mol. The molecule has 4 heterocycles. The quantitative estimate of drug-likeness (QED) is 0.332. The molecule has 0 radical (unpaired) electrons. The summed E-state index contributed by atoms with van der Waals surface area (Å²) in [7, 11) is 0. The molecule has 5 rings (SSSR count). The van der Waals surface area contributed by atoms with Gasteiger partial charge in [0.25, 0.3) is 0 Å². The zero-order valence-corrected chi connectivity index (χ0v) is 21.4. The van der Waals surface area contributed by atoms with Crippen molar-refractivity contribution < 1.29 is 14.7 Å². The number of carboxylic acids is 1. The number of benzene rings is 1. The van der Waals surface area contributed by atoms with Crippen LogP contribution in [-0.2, 0) is 4.79 Å². The van der Waals surface area contributed by atoms with Gasteiger partial charge < -0.3 is 15.3 Å². The van der Waals surface area contributed by atoms with Crippen molar-refractivity contribution in [1.29, 1.82) is 0 Å². The topological polar surface area (TPSA) is 133 Å². The first kappa shape index (κ1) is 24.6. The summed E-state index contributed by atoms with van der Waals surface area (Å²) in [5.74, 6) is -0.465. The van der Waals surface area contributed by atoms with Gasteiger partial charge in [-0.05, 0) is 62.9 Å². The number of thiazole rings is 1. The van der Waals surface area contributed by atoms with Gasteiger partial charge in [0.2, 0.25) is 5.95 Å². The van der Waals surface area contributed by atoms with Crippen LogP contribution in [0, 0.1) is 0 Å². The third-order valence-corrected chi connectivity index (χ3v) is 7.57. The predicted molar refractivity (Wildman–Crippen MR) is 144 cm³/mol. The van der Waals surface area contributed by atoms with Gasteiger partial charge in [0.1, 0.15) is 5.54 Å². The van der Waals surface area contributed by atoms with Gasteiger partial charge >= 0.3 is 12.0 Å². The summed E-state index contributed by atoms with van der Waals surface area (Å²) >= 11 is 1.38. The number of aromatic nitrogens is 4. The molecule has 1 aliphatic rings. The maximum Gasteiger partial charge on any atom is 0.329 e. The number of rotatable bonds is 6. The summed E-state index contributed by atoms with van der Waals surface area (Å²) in [6, 6.07) is 9.35. The van der Waals surface area contributed by atoms with Crippen molar-refractivity contribution in [2.24, 2.45) is 0 Å². The minimum absolute atomic E-state index is 0.309. The second-order valence-corrected chi connectivity index (χ2v) is 10.0. The normalized spacial score (nSPS) is 17.5. The Kier molecular flexibility index (Phi) is 6.70. The summed E-state index contributed by atoms with van der Waals surface area (Å²) in [6.45, 7) is 4.69. The number of nitrogens with zero attached hydrogens (tertiary/aromatic N) is 5. The number of urea groups is 1. The summed E-state index contributed by atoms with van der Waals surface area (Å²) in [5, 5.41) is 15.8. The van der Waals surface area contributed by atoms with E-state index in [0.717, 1.165) is 39.9 Å². The number of hydrogen-bond acceptors (Lipinski definition) is 8. The van der Waals surface area contributed by atoms with Crippen molar-refractivity contribution in [3.8, 4) is 22.4 Å². The molecule has 190 valence electrons. The third-order valence-electron chi connectivity index (χ3n) is 6.55. The van der Waals surface area contributed by atoms with Crippen LogP contribution in [0.2, 0.25) is 0 Å². The molecule has 1 unspecified atom stereocenters. The second-order valence-electron chi connectivity index (χ2n) is 9.05. The lowest BCUT2D eigenvalue weighted by Crippen LogP contribution is -2.56. The van der Waals surface area contributed by atoms with Gasteiger partial charge in [-0.25, -0.2) is 24.5 Å². The van der Waals surface area contributed by atoms with E-state index < -0.39 is 11.5 Å². The molecule has 1 aromatic carbocycles. The Hall–Kier alpha value is -4.12. The molecule has 0 spiro atoms. The van der Waals surface area contributed by atoms with Crippen LogP contribution in [0.4, 0.5) is 15.9 Å². The highest BCUT2D eigenvalue weighted by atomic mass is 32.1. The van der Waals surface area contributed by atoms with Crippen LogP contribution in [0.1, 0.15) is 33.1 Å². The zero-order valence-electron chi connectivity index (χ0n) is 20.6. The Morgan fingerprint density at radius 2 is 1.95 bits per heavy atom. The maximum atomic E-state index is 12.1. The molecular formula is C26H27N7O3S. The molecule has 1 fully saturated rings. The van der Waals surface area contributed by atoms with E-state index in [1.807, 2.05) is 37.3 Å². The van der Waals surface area contributed by atoms with Gasteiger partial charge in [0.05, 0.1) is 15.9 Å². The lowest BCUT2D eigenvalue weighted by Gasteiger charge is -2.41. The highest BCUT2D eigenvalue weighted by Gasteiger charge is 2.42. The summed E-state index contributed by atoms with van der Waals surface area (Å²) < 4.78 is 0.900. The SMILES string of the molecule is CCNC(=O)Nc1nc2cc(-c3cnc(N4CCCCC4(C)C(=O)O)nc3)cc(-c3ccccn3)c2s1. The van der Waals surface area contributed by atoms with Gasteiger partial charge in [-0.15, -0.1) is 0 Å². The van der Waals surface area contributed by atoms with E-state index in [9.17, 15) is 14.7 Å². The number of fused-ring (bicyclic) bond motifs is 1. The molecule has 1 saturated heterocycles. The summed E-state index contributed by atoms with van der Waals surface area (Å²) in [4.78, 5) is 44.1. The molecule has 11 heteroatoms. The Labute approximate surface area is 217 Å². The first-order chi connectivity index (χ1) is 17.9. The van der Waals surface area contributed by atoms with Gasteiger partial charge in [-0.2, -0.15) is 0 Å². The van der Waals surface area contributed by atoms with Gasteiger partial charge in [-0.1, -0.05) is 17.4 Å². The standard InChI is InChI=1S/C26H27N7O3S/c1-3-27-24(36)32-25-31-20-13-16(12-18(21(20)37-25)19-8-4-6-10-28-19)17-14-29-23(30-15-17)33-11-7-5-9-26(33,2)22(34)35/h4,6,8,10,12-15H,3,5,7,9,11H2,1-2H3,(H,34,35)(H2,27,31,32,36). The Bertz CT molecular complexity index is 1440. The number of aliphatic carboxylic acids is 1. The van der Waals surface area contributed by atoms with E-state index in [0.29, 0.717) is 36.1 Å². The molecule has 1 aliphatic heterocycles. The molecule has 2 amide bonds. The van der Waals surface area contributed by atoms with Crippen LogP contribution < -0.4 is 15.5 Å². The molecule has 1 atom stereocenters. The average molecular weight is 518 g/mol. The molecule has 4 aromatic rings. The Morgan fingerprint density at radius 3 is 2.65 bits per heavy atom. The van der Waals surface area contributed by atoms with E-state index in [4.69, 9.17) is 0 Å². The van der Waals surface area contributed by atoms with Crippen LogP contribution in [0.25, 0.3) is 32.6 Å². The predicted octanol–water partition coefficient (Wildman–Crippen LogP) is 4.79. The minimum Gasteiger partial charge on any atom is -0.480 e. The molecule has 0 saturated carbocycles. The molecule has 3 aromatic heterocycles. The van der Waals surface area contributed by atoms with Crippen LogP contribution >= 0.6 is 11.3 Å². The number of amides is 2. The van der Waals surface area contributed by atoms with Crippen molar-refractivity contribution >= 4 is 44.6 Å². The molecule has 3 N–H and O–H groups in total. The first-order valence-electron chi connectivity index (χ1n) is 12.1. The van der Waals surface area contributed by atoms with Gasteiger partial charge in [-0.3, -0.25) is 10.3 Å². The minimum atomic E-state index is -1.03. The van der Waals surface area contributed by atoms with Crippen LogP contribution in [0.5, 0.6) is 0 Å². The fraction of sp³-hybridized carbons (Fsp3) is 0.308. The monoisotopic (exact) mass is 517 g/mol. The van der Waals surface area contributed by atoms with Gasteiger partial charge in [0.15, 0.2) is 5.13 Å². The van der Waals surface area contributed by atoms with E-state index in [2.05, 4.69) is 30.6 Å². The average Bonchev–Trinajstić information content (AvgIpc) is 3.31. The van der Waals surface area contributed by atoms with E-state index in [1.54, 1.807) is 30.4 Å². The molecule has 0 aliphatic carbocycles. The highest BCUT2D eigenvalue weighted by Crippen LogP contribution is 2.38. The lowest BCUT2D eigenvalue weighted by atomic mass is 9.89. The van der Waals surface area contributed by atoms with Crippen LogP contribution in [0.3, 0.4) is 0 Å². The number of carbonyl (C=O) groups is 2. The lowest BCUT2D eigenvalue weighted by molar-refractivity contribution is -0.143. The van der Waals surface area contributed by atoms with Crippen molar-refractivity contribution in [1.82, 2.24) is 25.3 Å². The van der Waals surface area contributed by atoms with Gasteiger partial charge in [0, 0.05) is 42.8 Å². The number of carboxylic acid groups (broad SMARTS) is 1. The fourth-order valence-corrected chi connectivity index (χ4v) is 5.50. The highest BCUT2D eigenvalue weighted by molar-refractivity contribution is 7.22. The second kappa shape index (κ2) is 10.1. The summed E-state index contributed by atoms with van der Waals surface area (Å²) in [6.07, 6.45) is 7.46. The smallest absolute Gasteiger partial charge is 0.329 e. The first-order valence-corrected chi connectivity index (χ1v) is 12.9. The zero-order chi connectivity index (χ0) is 26.0. The maximum absolute atomic E-state index is 12.1. The van der Waals surface area contributed by atoms with Crippen molar-refractivity contribution in [3.63, 3.8) is 0 Å². The Morgan fingerprint density at radius 1 is 1.14 bits per heavy atom. The fourth-order valence-electron chi connectivity index (χ4n) is 4.54.